The Bertz CT molecular complexity index is 350. The second kappa shape index (κ2) is 4.95. The van der Waals surface area contributed by atoms with E-state index in [1.165, 1.54) is 25.7 Å². The second-order valence-electron chi connectivity index (χ2n) is 4.61. The Morgan fingerprint density at radius 1 is 1.31 bits per heavy atom. The summed E-state index contributed by atoms with van der Waals surface area (Å²) < 4.78 is 0. The fraction of sp³-hybridized carbons (Fsp3) is 0.727. The summed E-state index contributed by atoms with van der Waals surface area (Å²) in [6.07, 6.45) is 6.70. The lowest BCUT2D eigenvalue weighted by atomic mass is 9.87. The van der Waals surface area contributed by atoms with Crippen LogP contribution in [0.25, 0.3) is 0 Å². The molecule has 1 aromatic rings. The average molecular weight is 241 g/mol. The molecule has 1 fully saturated rings. The Morgan fingerprint density at radius 2 is 2.00 bits per heavy atom. The smallest absolute Gasteiger partial charge is 0.244 e. The van der Waals surface area contributed by atoms with Crippen LogP contribution in [0.2, 0.25) is 5.28 Å². The summed E-state index contributed by atoms with van der Waals surface area (Å²) in [6.45, 7) is 2.32. The summed E-state index contributed by atoms with van der Waals surface area (Å²) in [5.41, 5.74) is 0. The van der Waals surface area contributed by atoms with E-state index < -0.39 is 0 Å². The number of rotatable bonds is 2. The van der Waals surface area contributed by atoms with Crippen LogP contribution in [0, 0.1) is 5.92 Å². The van der Waals surface area contributed by atoms with Crippen molar-refractivity contribution in [1.82, 2.24) is 15.2 Å². The van der Waals surface area contributed by atoms with Gasteiger partial charge in [0.25, 0.3) is 0 Å². The Kier molecular flexibility index (Phi) is 3.59. The Labute approximate surface area is 101 Å². The van der Waals surface area contributed by atoms with Crippen LogP contribution in [0.5, 0.6) is 0 Å². The molecular weight excluding hydrogens is 224 g/mol. The zero-order chi connectivity index (χ0) is 11.5. The minimum absolute atomic E-state index is 0.216. The minimum atomic E-state index is 0.216. The van der Waals surface area contributed by atoms with Crippen molar-refractivity contribution in [3.05, 3.63) is 11.5 Å². The van der Waals surface area contributed by atoms with E-state index >= 15 is 0 Å². The molecule has 16 heavy (non-hydrogen) atoms. The molecule has 0 aliphatic heterocycles. The predicted octanol–water partition coefficient (Wildman–Crippen LogP) is 2.54. The highest BCUT2D eigenvalue weighted by Crippen LogP contribution is 2.28. The van der Waals surface area contributed by atoms with E-state index in [1.54, 1.807) is 6.20 Å². The first kappa shape index (κ1) is 11.6. The highest BCUT2D eigenvalue weighted by molar-refractivity contribution is 6.28. The van der Waals surface area contributed by atoms with Gasteiger partial charge < -0.3 is 4.90 Å². The van der Waals surface area contributed by atoms with Crippen LogP contribution < -0.4 is 4.90 Å². The first-order chi connectivity index (χ1) is 7.66. The van der Waals surface area contributed by atoms with Gasteiger partial charge in [-0.15, -0.1) is 5.10 Å². The predicted molar refractivity (Wildman–Crippen MR) is 64.7 cm³/mol. The molecule has 0 amide bonds. The highest BCUT2D eigenvalue weighted by atomic mass is 35.5. The van der Waals surface area contributed by atoms with Crippen molar-refractivity contribution in [1.29, 1.82) is 0 Å². The molecule has 1 heterocycles. The van der Waals surface area contributed by atoms with Gasteiger partial charge >= 0.3 is 0 Å². The van der Waals surface area contributed by atoms with E-state index in [0.717, 1.165) is 11.7 Å². The molecule has 88 valence electrons. The van der Waals surface area contributed by atoms with Crippen LogP contribution in [-0.4, -0.2) is 28.3 Å². The largest absolute Gasteiger partial charge is 0.355 e. The van der Waals surface area contributed by atoms with Gasteiger partial charge in [0.15, 0.2) is 5.82 Å². The maximum Gasteiger partial charge on any atom is 0.244 e. The van der Waals surface area contributed by atoms with Gasteiger partial charge in [-0.05, 0) is 43.2 Å². The van der Waals surface area contributed by atoms with Gasteiger partial charge in [0.05, 0.1) is 6.20 Å². The van der Waals surface area contributed by atoms with E-state index in [4.69, 9.17) is 11.6 Å². The molecule has 0 atom stereocenters. The van der Waals surface area contributed by atoms with Gasteiger partial charge in [0.2, 0.25) is 5.28 Å². The molecule has 0 aromatic carbocycles. The van der Waals surface area contributed by atoms with Crippen molar-refractivity contribution in [3.63, 3.8) is 0 Å². The third kappa shape index (κ3) is 2.61. The summed E-state index contributed by atoms with van der Waals surface area (Å²) in [7, 11) is 2.06. The van der Waals surface area contributed by atoms with Crippen LogP contribution in [0.1, 0.15) is 32.6 Å². The van der Waals surface area contributed by atoms with Gasteiger partial charge in [-0.2, -0.15) is 10.1 Å². The summed E-state index contributed by atoms with van der Waals surface area (Å²) in [4.78, 5) is 6.36. The first-order valence-electron chi connectivity index (χ1n) is 5.75. The number of halogens is 1. The Balaban J connectivity index is 2.04. The van der Waals surface area contributed by atoms with Crippen molar-refractivity contribution >= 4 is 17.4 Å². The summed E-state index contributed by atoms with van der Waals surface area (Å²) >= 11 is 5.74. The molecule has 1 aromatic heterocycles. The summed E-state index contributed by atoms with van der Waals surface area (Å²) in [5, 5.41) is 7.70. The molecule has 1 aliphatic carbocycles. The average Bonchev–Trinajstić information content (AvgIpc) is 2.29. The number of aromatic nitrogens is 3. The topological polar surface area (TPSA) is 41.9 Å². The zero-order valence-corrected chi connectivity index (χ0v) is 10.5. The molecule has 0 radical (unpaired) electrons. The van der Waals surface area contributed by atoms with Crippen LogP contribution in [0.3, 0.4) is 0 Å². The molecule has 0 bridgehead atoms. The van der Waals surface area contributed by atoms with E-state index in [1.807, 2.05) is 0 Å². The number of nitrogens with zero attached hydrogens (tertiary/aromatic N) is 4. The van der Waals surface area contributed by atoms with E-state index in [9.17, 15) is 0 Å². The molecule has 4 nitrogen and oxygen atoms in total. The van der Waals surface area contributed by atoms with Crippen molar-refractivity contribution in [3.8, 4) is 0 Å². The maximum atomic E-state index is 5.74. The quantitative estimate of drug-likeness (QED) is 0.797. The highest BCUT2D eigenvalue weighted by Gasteiger charge is 2.22. The van der Waals surface area contributed by atoms with E-state index in [-0.39, 0.29) is 5.28 Å². The van der Waals surface area contributed by atoms with Crippen molar-refractivity contribution in [2.45, 2.75) is 38.6 Å². The lowest BCUT2D eigenvalue weighted by molar-refractivity contribution is 0.339. The fourth-order valence-corrected chi connectivity index (χ4v) is 2.39. The number of anilines is 1. The minimum Gasteiger partial charge on any atom is -0.355 e. The Morgan fingerprint density at radius 3 is 2.62 bits per heavy atom. The standard InChI is InChI=1S/C11H17ClN4/c1-8-3-5-9(6-4-8)16(2)10-7-13-15-11(12)14-10/h7-9H,3-6H2,1-2H3. The van der Waals surface area contributed by atoms with Gasteiger partial charge in [-0.1, -0.05) is 6.92 Å². The molecule has 0 saturated heterocycles. The zero-order valence-electron chi connectivity index (χ0n) is 9.73. The van der Waals surface area contributed by atoms with Crippen molar-refractivity contribution in [2.75, 3.05) is 11.9 Å². The fourth-order valence-electron chi connectivity index (χ4n) is 2.26. The third-order valence-electron chi connectivity index (χ3n) is 3.41. The van der Waals surface area contributed by atoms with Gasteiger partial charge in [0.1, 0.15) is 0 Å². The number of hydrogen-bond donors (Lipinski definition) is 0. The summed E-state index contributed by atoms with van der Waals surface area (Å²) in [5.74, 6) is 1.68. The second-order valence-corrected chi connectivity index (χ2v) is 4.95. The normalized spacial score (nSPS) is 25.4. The third-order valence-corrected chi connectivity index (χ3v) is 3.57. The molecule has 0 N–H and O–H groups in total. The van der Waals surface area contributed by atoms with Crippen LogP contribution in [0.15, 0.2) is 6.20 Å². The summed E-state index contributed by atoms with van der Waals surface area (Å²) in [6, 6.07) is 0.559. The monoisotopic (exact) mass is 240 g/mol. The number of hydrogen-bond acceptors (Lipinski definition) is 4. The molecule has 0 unspecified atom stereocenters. The van der Waals surface area contributed by atoms with Crippen LogP contribution in [-0.2, 0) is 0 Å². The van der Waals surface area contributed by atoms with Crippen molar-refractivity contribution < 1.29 is 0 Å². The van der Waals surface area contributed by atoms with Gasteiger partial charge in [-0.3, -0.25) is 0 Å². The molecule has 5 heteroatoms. The molecule has 1 aliphatic rings. The van der Waals surface area contributed by atoms with Crippen LogP contribution >= 0.6 is 11.6 Å². The molecule has 1 saturated carbocycles. The Hall–Kier alpha value is -0.900. The van der Waals surface area contributed by atoms with Crippen LogP contribution in [0.4, 0.5) is 5.82 Å². The first-order valence-corrected chi connectivity index (χ1v) is 6.12. The molecule has 2 rings (SSSR count). The van der Waals surface area contributed by atoms with Crippen molar-refractivity contribution in [2.24, 2.45) is 5.92 Å². The van der Waals surface area contributed by atoms with Gasteiger partial charge in [0, 0.05) is 13.1 Å². The molecule has 0 spiro atoms. The van der Waals surface area contributed by atoms with Gasteiger partial charge in [-0.25, -0.2) is 0 Å². The lowest BCUT2D eigenvalue weighted by Crippen LogP contribution is -2.35. The van der Waals surface area contributed by atoms with E-state index in [0.29, 0.717) is 6.04 Å². The maximum absolute atomic E-state index is 5.74. The van der Waals surface area contributed by atoms with E-state index in [2.05, 4.69) is 34.1 Å². The lowest BCUT2D eigenvalue weighted by Gasteiger charge is -2.34. The molecular formula is C11H17ClN4. The SMILES string of the molecule is CC1CCC(N(C)c2cnnc(Cl)n2)CC1.